The Hall–Kier alpha value is -2.62. The van der Waals surface area contributed by atoms with Gasteiger partial charge < -0.3 is 11.5 Å². The van der Waals surface area contributed by atoms with Crippen molar-refractivity contribution in [3.8, 4) is 11.1 Å². The Labute approximate surface area is 125 Å². The van der Waals surface area contributed by atoms with Crippen molar-refractivity contribution < 1.29 is 0 Å². The summed E-state index contributed by atoms with van der Waals surface area (Å²) in [6, 6.07) is 10.2. The summed E-state index contributed by atoms with van der Waals surface area (Å²) in [5.41, 5.74) is 17.6. The van der Waals surface area contributed by atoms with E-state index in [4.69, 9.17) is 11.5 Å². The Kier molecular flexibility index (Phi) is 4.38. The third-order valence-electron chi connectivity index (χ3n) is 3.35. The van der Waals surface area contributed by atoms with Gasteiger partial charge in [0.2, 0.25) is 0 Å². The summed E-state index contributed by atoms with van der Waals surface area (Å²) in [5, 5.41) is 0. The molecule has 108 valence electrons. The van der Waals surface area contributed by atoms with E-state index < -0.39 is 0 Å². The SMILES string of the molecule is CN=C/C(=C(/C)N)c1cc(-c2ccccc2C)cnc1N. The van der Waals surface area contributed by atoms with Gasteiger partial charge in [-0.3, -0.25) is 4.99 Å². The quantitative estimate of drug-likeness (QED) is 0.848. The van der Waals surface area contributed by atoms with Crippen LogP contribution in [-0.4, -0.2) is 18.2 Å². The van der Waals surface area contributed by atoms with Gasteiger partial charge in [0.25, 0.3) is 0 Å². The zero-order chi connectivity index (χ0) is 15.4. The first-order chi connectivity index (χ1) is 10.0. The molecule has 0 amide bonds. The maximum Gasteiger partial charge on any atom is 0.131 e. The van der Waals surface area contributed by atoms with Crippen molar-refractivity contribution in [2.75, 3.05) is 12.8 Å². The molecule has 0 aliphatic rings. The number of anilines is 1. The van der Waals surface area contributed by atoms with Crippen LogP contribution in [0.4, 0.5) is 5.82 Å². The molecule has 4 nitrogen and oxygen atoms in total. The second-order valence-electron chi connectivity index (χ2n) is 4.96. The van der Waals surface area contributed by atoms with E-state index in [-0.39, 0.29) is 0 Å². The molecule has 21 heavy (non-hydrogen) atoms. The third-order valence-corrected chi connectivity index (χ3v) is 3.35. The molecule has 1 heterocycles. The van der Waals surface area contributed by atoms with Crippen LogP contribution in [0, 0.1) is 6.92 Å². The zero-order valence-corrected chi connectivity index (χ0v) is 12.6. The van der Waals surface area contributed by atoms with Crippen LogP contribution in [0.1, 0.15) is 18.1 Å². The highest BCUT2D eigenvalue weighted by Gasteiger charge is 2.10. The minimum Gasteiger partial charge on any atom is -0.402 e. The van der Waals surface area contributed by atoms with E-state index in [1.54, 1.807) is 19.5 Å². The minimum absolute atomic E-state index is 0.451. The molecule has 1 aromatic carbocycles. The molecule has 0 aliphatic carbocycles. The minimum atomic E-state index is 0.451. The maximum atomic E-state index is 6.01. The van der Waals surface area contributed by atoms with Crippen molar-refractivity contribution in [2.24, 2.45) is 10.7 Å². The third kappa shape index (κ3) is 3.11. The summed E-state index contributed by atoms with van der Waals surface area (Å²) in [6.07, 6.45) is 3.50. The van der Waals surface area contributed by atoms with Crippen molar-refractivity contribution in [2.45, 2.75) is 13.8 Å². The number of nitrogens with zero attached hydrogens (tertiary/aromatic N) is 2. The lowest BCUT2D eigenvalue weighted by atomic mass is 9.98. The molecule has 0 aliphatic heterocycles. The normalized spacial score (nSPS) is 12.5. The predicted molar refractivity (Wildman–Crippen MR) is 90.0 cm³/mol. The van der Waals surface area contributed by atoms with Crippen LogP contribution >= 0.6 is 0 Å². The highest BCUT2D eigenvalue weighted by Crippen LogP contribution is 2.28. The van der Waals surface area contributed by atoms with Gasteiger partial charge in [-0.05, 0) is 31.0 Å². The number of pyridine rings is 1. The summed E-state index contributed by atoms with van der Waals surface area (Å²) >= 11 is 0. The molecule has 0 atom stereocenters. The number of hydrogen-bond acceptors (Lipinski definition) is 4. The number of aryl methyl sites for hydroxylation is 1. The van der Waals surface area contributed by atoms with Gasteiger partial charge in [-0.1, -0.05) is 24.3 Å². The molecular weight excluding hydrogens is 260 g/mol. The summed E-state index contributed by atoms with van der Waals surface area (Å²) in [5.74, 6) is 0.451. The Balaban J connectivity index is 2.63. The van der Waals surface area contributed by atoms with Crippen LogP contribution in [0.15, 0.2) is 47.2 Å². The van der Waals surface area contributed by atoms with Gasteiger partial charge >= 0.3 is 0 Å². The van der Waals surface area contributed by atoms with E-state index in [0.717, 1.165) is 22.3 Å². The molecule has 4 heteroatoms. The number of aromatic nitrogens is 1. The van der Waals surface area contributed by atoms with Gasteiger partial charge in [-0.25, -0.2) is 4.98 Å². The largest absolute Gasteiger partial charge is 0.402 e. The van der Waals surface area contributed by atoms with Crippen molar-refractivity contribution in [3.05, 3.63) is 53.4 Å². The fraction of sp³-hybridized carbons (Fsp3) is 0.176. The van der Waals surface area contributed by atoms with Gasteiger partial charge in [-0.15, -0.1) is 0 Å². The summed E-state index contributed by atoms with van der Waals surface area (Å²) < 4.78 is 0. The predicted octanol–water partition coefficient (Wildman–Crippen LogP) is 3.03. The number of allylic oxidation sites excluding steroid dienone is 2. The first-order valence-electron chi connectivity index (χ1n) is 6.75. The van der Waals surface area contributed by atoms with Crippen LogP contribution in [0.3, 0.4) is 0 Å². The van der Waals surface area contributed by atoms with Gasteiger partial charge in [0.15, 0.2) is 0 Å². The fourth-order valence-corrected chi connectivity index (χ4v) is 2.25. The number of nitrogens with two attached hydrogens (primary N) is 2. The molecule has 0 bridgehead atoms. The Morgan fingerprint density at radius 3 is 2.62 bits per heavy atom. The highest BCUT2D eigenvalue weighted by molar-refractivity contribution is 6.12. The van der Waals surface area contributed by atoms with Gasteiger partial charge in [-0.2, -0.15) is 0 Å². The van der Waals surface area contributed by atoms with Crippen molar-refractivity contribution in [1.29, 1.82) is 0 Å². The molecule has 0 spiro atoms. The van der Waals surface area contributed by atoms with E-state index in [1.807, 2.05) is 25.1 Å². The number of rotatable bonds is 3. The zero-order valence-electron chi connectivity index (χ0n) is 12.6. The Morgan fingerprint density at radius 1 is 1.29 bits per heavy atom. The van der Waals surface area contributed by atoms with E-state index in [9.17, 15) is 0 Å². The average Bonchev–Trinajstić information content (AvgIpc) is 2.46. The lowest BCUT2D eigenvalue weighted by molar-refractivity contribution is 1.29. The van der Waals surface area contributed by atoms with Crippen LogP contribution in [-0.2, 0) is 0 Å². The fourth-order valence-electron chi connectivity index (χ4n) is 2.25. The smallest absolute Gasteiger partial charge is 0.131 e. The number of nitrogen functional groups attached to an aromatic ring is 1. The van der Waals surface area contributed by atoms with Crippen LogP contribution in [0.2, 0.25) is 0 Å². The molecule has 0 unspecified atom stereocenters. The molecule has 2 aromatic rings. The number of aliphatic imine (C=N–C) groups is 1. The maximum absolute atomic E-state index is 6.01. The summed E-state index contributed by atoms with van der Waals surface area (Å²) in [7, 11) is 1.71. The van der Waals surface area contributed by atoms with Crippen LogP contribution in [0.25, 0.3) is 16.7 Å². The highest BCUT2D eigenvalue weighted by atomic mass is 14.8. The summed E-state index contributed by atoms with van der Waals surface area (Å²) in [6.45, 7) is 3.90. The molecule has 1 aromatic heterocycles. The van der Waals surface area contributed by atoms with Gasteiger partial charge in [0.05, 0.1) is 0 Å². The lowest BCUT2D eigenvalue weighted by Gasteiger charge is -2.11. The second kappa shape index (κ2) is 6.22. The average molecular weight is 280 g/mol. The molecule has 0 radical (unpaired) electrons. The number of benzene rings is 1. The number of hydrogen-bond donors (Lipinski definition) is 2. The first kappa shape index (κ1) is 14.8. The van der Waals surface area contributed by atoms with Crippen molar-refractivity contribution >= 4 is 17.6 Å². The molecule has 4 N–H and O–H groups in total. The van der Waals surface area contributed by atoms with E-state index in [0.29, 0.717) is 11.5 Å². The van der Waals surface area contributed by atoms with E-state index >= 15 is 0 Å². The Morgan fingerprint density at radius 2 is 2.00 bits per heavy atom. The topological polar surface area (TPSA) is 77.3 Å². The monoisotopic (exact) mass is 280 g/mol. The van der Waals surface area contributed by atoms with E-state index in [2.05, 4.69) is 29.0 Å². The molecule has 0 saturated heterocycles. The van der Waals surface area contributed by atoms with Crippen LogP contribution in [0.5, 0.6) is 0 Å². The standard InChI is InChI=1S/C17H20N4/c1-11-6-4-5-7-14(11)13-8-15(17(19)21-9-13)16(10-20-3)12(2)18/h4-10H,18H2,1-3H3,(H2,19,21)/b16-12+,20-10?. The van der Waals surface area contributed by atoms with E-state index in [1.165, 1.54) is 5.56 Å². The van der Waals surface area contributed by atoms with Crippen molar-refractivity contribution in [3.63, 3.8) is 0 Å². The molecule has 2 rings (SSSR count). The van der Waals surface area contributed by atoms with Gasteiger partial charge in [0.1, 0.15) is 5.82 Å². The first-order valence-corrected chi connectivity index (χ1v) is 6.75. The second-order valence-corrected chi connectivity index (χ2v) is 4.96. The molecule has 0 saturated carbocycles. The molecular formula is C17H20N4. The van der Waals surface area contributed by atoms with Crippen LogP contribution < -0.4 is 11.5 Å². The van der Waals surface area contributed by atoms with Gasteiger partial charge in [0, 0.05) is 41.9 Å². The summed E-state index contributed by atoms with van der Waals surface area (Å²) in [4.78, 5) is 8.36. The Bertz CT molecular complexity index is 710. The van der Waals surface area contributed by atoms with Crippen molar-refractivity contribution in [1.82, 2.24) is 4.98 Å². The molecule has 0 fully saturated rings. The lowest BCUT2D eigenvalue weighted by Crippen LogP contribution is -2.04.